The number of hydrogen-bond donors (Lipinski definition) is 2. The molecule has 0 saturated carbocycles. The number of nitrogens with zero attached hydrogens (tertiary/aromatic N) is 2. The van der Waals surface area contributed by atoms with Crippen molar-refractivity contribution in [2.24, 2.45) is 0 Å². The lowest BCUT2D eigenvalue weighted by Gasteiger charge is -2.08. The third kappa shape index (κ3) is 3.35. The number of carbonyl (C=O) groups is 2. The van der Waals surface area contributed by atoms with Gasteiger partial charge in [0.15, 0.2) is 0 Å². The van der Waals surface area contributed by atoms with E-state index in [0.717, 1.165) is 22.5 Å². The second-order valence-corrected chi connectivity index (χ2v) is 6.48. The third-order valence-corrected chi connectivity index (χ3v) is 4.43. The number of benzene rings is 2. The first-order valence-corrected chi connectivity index (χ1v) is 8.71. The van der Waals surface area contributed by atoms with Crippen molar-refractivity contribution in [2.75, 3.05) is 5.32 Å². The van der Waals surface area contributed by atoms with Gasteiger partial charge in [-0.15, -0.1) is 0 Å². The number of carbonyl (C=O) groups excluding carboxylic acids is 1. The molecular formula is C22H17N3O3. The van der Waals surface area contributed by atoms with Crippen LogP contribution in [0.4, 0.5) is 5.69 Å². The van der Waals surface area contributed by atoms with Gasteiger partial charge in [-0.2, -0.15) is 0 Å². The van der Waals surface area contributed by atoms with Crippen molar-refractivity contribution in [2.45, 2.75) is 6.92 Å². The molecule has 6 heteroatoms. The number of imidazole rings is 1. The van der Waals surface area contributed by atoms with Crippen LogP contribution in [0.25, 0.3) is 16.9 Å². The molecule has 0 aliphatic heterocycles. The second-order valence-electron chi connectivity index (χ2n) is 6.48. The van der Waals surface area contributed by atoms with Crippen LogP contribution in [0.15, 0.2) is 73.1 Å². The number of carboxylic acids is 1. The highest BCUT2D eigenvalue weighted by molar-refractivity contribution is 6.10. The van der Waals surface area contributed by atoms with Gasteiger partial charge in [0.1, 0.15) is 5.65 Å². The number of pyridine rings is 1. The number of aryl methyl sites for hydroxylation is 1. The van der Waals surface area contributed by atoms with Crippen LogP contribution in [-0.2, 0) is 0 Å². The molecule has 0 aliphatic rings. The maximum absolute atomic E-state index is 12.6. The summed E-state index contributed by atoms with van der Waals surface area (Å²) < 4.78 is 1.94. The molecule has 2 heterocycles. The fraction of sp³-hybridized carbons (Fsp3) is 0.0455. The van der Waals surface area contributed by atoms with Gasteiger partial charge in [0.2, 0.25) is 0 Å². The van der Waals surface area contributed by atoms with Crippen molar-refractivity contribution >= 4 is 23.2 Å². The van der Waals surface area contributed by atoms with Gasteiger partial charge >= 0.3 is 5.97 Å². The zero-order chi connectivity index (χ0) is 19.7. The predicted molar refractivity (Wildman–Crippen MR) is 107 cm³/mol. The van der Waals surface area contributed by atoms with Crippen LogP contribution >= 0.6 is 0 Å². The summed E-state index contributed by atoms with van der Waals surface area (Å²) in [5.41, 5.74) is 4.26. The van der Waals surface area contributed by atoms with E-state index in [2.05, 4.69) is 10.3 Å². The minimum atomic E-state index is -1.14. The first-order chi connectivity index (χ1) is 13.5. The Morgan fingerprint density at radius 3 is 2.57 bits per heavy atom. The van der Waals surface area contributed by atoms with E-state index in [9.17, 15) is 14.7 Å². The number of fused-ring (bicyclic) bond motifs is 1. The van der Waals surface area contributed by atoms with Crippen molar-refractivity contribution in [3.8, 4) is 11.3 Å². The minimum Gasteiger partial charge on any atom is -0.478 e. The molecule has 0 radical (unpaired) electrons. The molecule has 0 spiro atoms. The second kappa shape index (κ2) is 7.00. The SMILES string of the molecule is Cc1ccn2cc(-c3cccc(NC(=O)c4ccccc4C(=O)O)c3)nc2c1. The fourth-order valence-corrected chi connectivity index (χ4v) is 3.05. The molecule has 0 bridgehead atoms. The molecule has 138 valence electrons. The van der Waals surface area contributed by atoms with Crippen LogP contribution in [0.1, 0.15) is 26.3 Å². The van der Waals surface area contributed by atoms with Crippen LogP contribution in [0.3, 0.4) is 0 Å². The van der Waals surface area contributed by atoms with Crippen molar-refractivity contribution in [1.29, 1.82) is 0 Å². The normalized spacial score (nSPS) is 10.8. The molecule has 0 aliphatic carbocycles. The summed E-state index contributed by atoms with van der Waals surface area (Å²) in [5.74, 6) is -1.61. The number of hydrogen-bond acceptors (Lipinski definition) is 3. The van der Waals surface area contributed by atoms with Gasteiger partial charge in [-0.1, -0.05) is 24.3 Å². The molecule has 1 amide bonds. The molecule has 0 fully saturated rings. The summed E-state index contributed by atoms with van der Waals surface area (Å²) in [6.07, 6.45) is 3.88. The van der Waals surface area contributed by atoms with E-state index in [4.69, 9.17) is 0 Å². The molecule has 2 aromatic heterocycles. The number of nitrogens with one attached hydrogen (secondary N) is 1. The van der Waals surface area contributed by atoms with Gasteiger partial charge in [-0.25, -0.2) is 9.78 Å². The van der Waals surface area contributed by atoms with E-state index < -0.39 is 11.9 Å². The van der Waals surface area contributed by atoms with Gasteiger partial charge in [-0.3, -0.25) is 4.79 Å². The number of amides is 1. The lowest BCUT2D eigenvalue weighted by Crippen LogP contribution is -2.16. The average Bonchev–Trinajstić information content (AvgIpc) is 3.11. The maximum Gasteiger partial charge on any atom is 0.336 e. The predicted octanol–water partition coefficient (Wildman–Crippen LogP) is 4.26. The average molecular weight is 371 g/mol. The van der Waals surface area contributed by atoms with Crippen LogP contribution in [0, 0.1) is 6.92 Å². The third-order valence-electron chi connectivity index (χ3n) is 4.43. The number of aromatic carboxylic acids is 1. The summed E-state index contributed by atoms with van der Waals surface area (Å²) in [7, 11) is 0. The Morgan fingerprint density at radius 1 is 1.00 bits per heavy atom. The topological polar surface area (TPSA) is 83.7 Å². The Hall–Kier alpha value is -3.93. The van der Waals surface area contributed by atoms with Gasteiger partial charge in [0, 0.05) is 23.6 Å². The Bertz CT molecular complexity index is 1210. The summed E-state index contributed by atoms with van der Waals surface area (Å²) >= 11 is 0. The number of aromatic nitrogens is 2. The van der Waals surface area contributed by atoms with E-state index >= 15 is 0 Å². The first-order valence-electron chi connectivity index (χ1n) is 8.71. The number of rotatable bonds is 4. The van der Waals surface area contributed by atoms with Crippen molar-refractivity contribution < 1.29 is 14.7 Å². The smallest absolute Gasteiger partial charge is 0.336 e. The van der Waals surface area contributed by atoms with E-state index in [1.165, 1.54) is 12.1 Å². The molecule has 6 nitrogen and oxygen atoms in total. The summed E-state index contributed by atoms with van der Waals surface area (Å²) in [4.78, 5) is 28.5. The van der Waals surface area contributed by atoms with Crippen molar-refractivity contribution in [1.82, 2.24) is 9.38 Å². The highest BCUT2D eigenvalue weighted by Gasteiger charge is 2.16. The van der Waals surface area contributed by atoms with E-state index in [-0.39, 0.29) is 11.1 Å². The van der Waals surface area contributed by atoms with Gasteiger partial charge in [0.25, 0.3) is 5.91 Å². The highest BCUT2D eigenvalue weighted by Crippen LogP contribution is 2.23. The highest BCUT2D eigenvalue weighted by atomic mass is 16.4. The van der Waals surface area contributed by atoms with Gasteiger partial charge in [0.05, 0.1) is 16.8 Å². The molecule has 2 aromatic carbocycles. The fourth-order valence-electron chi connectivity index (χ4n) is 3.05. The Labute approximate surface area is 161 Å². The lowest BCUT2D eigenvalue weighted by atomic mass is 10.1. The Kier molecular flexibility index (Phi) is 4.37. The van der Waals surface area contributed by atoms with Crippen molar-refractivity contribution in [3.63, 3.8) is 0 Å². The molecule has 28 heavy (non-hydrogen) atoms. The first kappa shape index (κ1) is 17.5. The largest absolute Gasteiger partial charge is 0.478 e. The number of carboxylic acid groups (broad SMARTS) is 1. The standard InChI is InChI=1S/C22H17N3O3/c1-14-9-10-25-13-19(24-20(25)11-14)15-5-4-6-16(12-15)23-21(26)17-7-2-3-8-18(17)22(27)28/h2-13H,1H3,(H,23,26)(H,27,28). The summed E-state index contributed by atoms with van der Waals surface area (Å²) in [6.45, 7) is 2.01. The van der Waals surface area contributed by atoms with E-state index in [1.54, 1.807) is 18.2 Å². The van der Waals surface area contributed by atoms with Gasteiger partial charge in [-0.05, 0) is 48.9 Å². The monoisotopic (exact) mass is 371 g/mol. The molecule has 0 unspecified atom stereocenters. The molecule has 0 atom stereocenters. The zero-order valence-corrected chi connectivity index (χ0v) is 15.1. The molecule has 4 rings (SSSR count). The lowest BCUT2D eigenvalue weighted by molar-refractivity contribution is 0.0692. The van der Waals surface area contributed by atoms with Gasteiger partial charge < -0.3 is 14.8 Å². The molecule has 4 aromatic rings. The molecular weight excluding hydrogens is 354 g/mol. The van der Waals surface area contributed by atoms with Crippen LogP contribution in [0.2, 0.25) is 0 Å². The molecule has 0 saturated heterocycles. The van der Waals surface area contributed by atoms with Crippen LogP contribution in [0.5, 0.6) is 0 Å². The maximum atomic E-state index is 12.6. The van der Waals surface area contributed by atoms with Crippen LogP contribution in [-0.4, -0.2) is 26.4 Å². The minimum absolute atomic E-state index is 0.0353. The Balaban J connectivity index is 1.64. The molecule has 2 N–H and O–H groups in total. The zero-order valence-electron chi connectivity index (χ0n) is 15.1. The summed E-state index contributed by atoms with van der Waals surface area (Å²) in [6, 6.07) is 17.4. The summed E-state index contributed by atoms with van der Waals surface area (Å²) in [5, 5.41) is 12.0. The quantitative estimate of drug-likeness (QED) is 0.561. The number of anilines is 1. The van der Waals surface area contributed by atoms with Crippen LogP contribution < -0.4 is 5.32 Å². The van der Waals surface area contributed by atoms with E-state index in [0.29, 0.717) is 5.69 Å². The van der Waals surface area contributed by atoms with E-state index in [1.807, 2.05) is 54.0 Å². The van der Waals surface area contributed by atoms with Crippen molar-refractivity contribution in [3.05, 3.63) is 89.7 Å². The Morgan fingerprint density at radius 2 is 1.79 bits per heavy atom.